The van der Waals surface area contributed by atoms with Gasteiger partial charge in [-0.25, -0.2) is 0 Å². The molecule has 4 aromatic rings. The van der Waals surface area contributed by atoms with Gasteiger partial charge in [0.25, 0.3) is 17.5 Å². The quantitative estimate of drug-likeness (QED) is 0.0354. The lowest BCUT2D eigenvalue weighted by Gasteiger charge is -2.28. The van der Waals surface area contributed by atoms with E-state index in [0.717, 1.165) is 28.5 Å². The first kappa shape index (κ1) is 39.1. The van der Waals surface area contributed by atoms with Crippen molar-refractivity contribution in [3.63, 3.8) is 0 Å². The maximum atomic E-state index is 14.1. The Labute approximate surface area is 332 Å². The third-order valence-corrected chi connectivity index (χ3v) is 10.1. The standard InChI is InChI=1S/C40H32BrIN4O6S/c1-3-5-16-30(4-2)45-39(49)32(21-27-22-33(41)37(34(42)23-27)52-24-26-17-19-31(20-18-26)46(50)51)38(48)44-40(45)53-25-35(47)43-36(28-12-8-6-9-13-28)29-14-10-7-11-15-29/h3-23,36H,1,24-25H2,2H3,(H,43,47)/b16-5-,30-4+,32-21+. The van der Waals surface area contributed by atoms with E-state index in [9.17, 15) is 24.5 Å². The van der Waals surface area contributed by atoms with Gasteiger partial charge in [-0.3, -0.25) is 29.4 Å². The highest BCUT2D eigenvalue weighted by Crippen LogP contribution is 2.34. The van der Waals surface area contributed by atoms with Crippen molar-refractivity contribution in [3.8, 4) is 5.75 Å². The number of non-ortho nitro benzene ring substituents is 1. The second-order valence-corrected chi connectivity index (χ2v) is 14.3. The molecule has 0 saturated heterocycles. The second-order valence-electron chi connectivity index (χ2n) is 11.3. The first-order chi connectivity index (χ1) is 25.6. The minimum atomic E-state index is -0.742. The summed E-state index contributed by atoms with van der Waals surface area (Å²) in [7, 11) is 0. The minimum Gasteiger partial charge on any atom is -0.487 e. The number of nitrogens with one attached hydrogen (secondary N) is 1. The molecule has 5 rings (SSSR count). The van der Waals surface area contributed by atoms with Crippen molar-refractivity contribution in [2.45, 2.75) is 19.6 Å². The average molecular weight is 904 g/mol. The Balaban J connectivity index is 1.38. The van der Waals surface area contributed by atoms with Gasteiger partial charge in [0.2, 0.25) is 5.91 Å². The molecule has 0 aromatic heterocycles. The molecule has 1 aliphatic rings. The fraction of sp³-hybridized carbons (Fsp3) is 0.100. The lowest BCUT2D eigenvalue weighted by atomic mass is 9.99. The van der Waals surface area contributed by atoms with Gasteiger partial charge < -0.3 is 10.1 Å². The number of rotatable bonds is 13. The number of nitrogens with zero attached hydrogens (tertiary/aromatic N) is 3. The van der Waals surface area contributed by atoms with E-state index in [0.29, 0.717) is 25.1 Å². The number of hydrogen-bond donors (Lipinski definition) is 1. The van der Waals surface area contributed by atoms with E-state index in [1.807, 2.05) is 60.7 Å². The van der Waals surface area contributed by atoms with Gasteiger partial charge in [-0.1, -0.05) is 97.2 Å². The summed E-state index contributed by atoms with van der Waals surface area (Å²) in [5.41, 5.74) is 3.36. The normalized spacial score (nSPS) is 14.1. The summed E-state index contributed by atoms with van der Waals surface area (Å²) < 4.78 is 7.27. The van der Waals surface area contributed by atoms with Crippen LogP contribution >= 0.6 is 50.3 Å². The van der Waals surface area contributed by atoms with Crippen LogP contribution in [0.2, 0.25) is 0 Å². The third kappa shape index (κ3) is 10.1. The van der Waals surface area contributed by atoms with Crippen molar-refractivity contribution in [1.82, 2.24) is 10.2 Å². The molecule has 0 bridgehead atoms. The third-order valence-electron chi connectivity index (χ3n) is 7.77. The van der Waals surface area contributed by atoms with E-state index >= 15 is 0 Å². The Kier molecular flexibility index (Phi) is 13.7. The number of carbonyl (C=O) groups excluding carboxylic acids is 3. The first-order valence-corrected chi connectivity index (χ1v) is 19.0. The molecule has 0 saturated carbocycles. The number of nitro benzene ring substituents is 1. The van der Waals surface area contributed by atoms with Crippen molar-refractivity contribution in [2.75, 3.05) is 5.75 Å². The van der Waals surface area contributed by atoms with Crippen molar-refractivity contribution < 1.29 is 24.0 Å². The number of amides is 3. The highest BCUT2D eigenvalue weighted by molar-refractivity contribution is 14.1. The zero-order chi connectivity index (χ0) is 37.9. The number of ether oxygens (including phenoxy) is 1. The van der Waals surface area contributed by atoms with E-state index in [1.54, 1.807) is 55.5 Å². The fourth-order valence-electron chi connectivity index (χ4n) is 5.23. The van der Waals surface area contributed by atoms with Gasteiger partial charge in [0.05, 0.1) is 24.8 Å². The van der Waals surface area contributed by atoms with Gasteiger partial charge in [0, 0.05) is 17.8 Å². The first-order valence-electron chi connectivity index (χ1n) is 16.1. The summed E-state index contributed by atoms with van der Waals surface area (Å²) in [5.74, 6) is -1.24. The van der Waals surface area contributed by atoms with Gasteiger partial charge in [-0.15, -0.1) is 0 Å². The molecule has 13 heteroatoms. The SMILES string of the molecule is C=C/C=C\C(=C/C)N1C(=O)/C(=C/c2cc(Br)c(OCc3ccc([N+](=O)[O-])cc3)c(I)c2)C(=O)N=C1SCC(=O)NC(c1ccccc1)c1ccccc1. The number of carbonyl (C=O) groups is 3. The number of aliphatic imine (C=N–C) groups is 1. The van der Waals surface area contributed by atoms with Crippen LogP contribution in [0.3, 0.4) is 0 Å². The van der Waals surface area contributed by atoms with Crippen molar-refractivity contribution in [1.29, 1.82) is 0 Å². The zero-order valence-electron chi connectivity index (χ0n) is 28.3. The molecule has 53 heavy (non-hydrogen) atoms. The van der Waals surface area contributed by atoms with Gasteiger partial charge in [0.1, 0.15) is 17.9 Å². The van der Waals surface area contributed by atoms with E-state index in [2.05, 4.69) is 55.4 Å². The summed E-state index contributed by atoms with van der Waals surface area (Å²) in [6.45, 7) is 5.64. The van der Waals surface area contributed by atoms with E-state index < -0.39 is 22.8 Å². The van der Waals surface area contributed by atoms with Crippen LogP contribution in [-0.4, -0.2) is 38.5 Å². The van der Waals surface area contributed by atoms with Crippen LogP contribution in [0.15, 0.2) is 149 Å². The smallest absolute Gasteiger partial charge is 0.285 e. The molecule has 0 radical (unpaired) electrons. The topological polar surface area (TPSA) is 131 Å². The Morgan fingerprint density at radius 3 is 2.26 bits per heavy atom. The molecule has 268 valence electrons. The molecular formula is C40H32BrIN4O6S. The number of hydrogen-bond acceptors (Lipinski definition) is 7. The van der Waals surface area contributed by atoms with E-state index in [4.69, 9.17) is 4.74 Å². The van der Waals surface area contributed by atoms with Gasteiger partial charge >= 0.3 is 0 Å². The molecule has 0 aliphatic carbocycles. The van der Waals surface area contributed by atoms with Crippen molar-refractivity contribution in [3.05, 3.63) is 180 Å². The van der Waals surface area contributed by atoms with Crippen LogP contribution in [0.4, 0.5) is 5.69 Å². The minimum absolute atomic E-state index is 0.0121. The summed E-state index contributed by atoms with van der Waals surface area (Å²) in [5, 5.41) is 14.1. The molecule has 3 amide bonds. The zero-order valence-corrected chi connectivity index (χ0v) is 32.8. The van der Waals surface area contributed by atoms with Gasteiger partial charge in [-0.2, -0.15) is 4.99 Å². The van der Waals surface area contributed by atoms with Crippen LogP contribution in [0, 0.1) is 13.7 Å². The highest BCUT2D eigenvalue weighted by atomic mass is 127. The maximum Gasteiger partial charge on any atom is 0.285 e. The van der Waals surface area contributed by atoms with E-state index in [-0.39, 0.29) is 34.7 Å². The molecule has 1 heterocycles. The molecule has 0 atom stereocenters. The second kappa shape index (κ2) is 18.6. The van der Waals surface area contributed by atoms with Crippen molar-refractivity contribution >= 4 is 84.9 Å². The Hall–Kier alpha value is -5.12. The van der Waals surface area contributed by atoms with Crippen LogP contribution < -0.4 is 10.1 Å². The molecule has 10 nitrogen and oxygen atoms in total. The lowest BCUT2D eigenvalue weighted by Crippen LogP contribution is -2.42. The number of thioether (sulfide) groups is 1. The summed E-state index contributed by atoms with van der Waals surface area (Å²) >= 11 is 6.62. The molecule has 0 fully saturated rings. The van der Waals surface area contributed by atoms with Crippen LogP contribution in [0.5, 0.6) is 5.75 Å². The predicted octanol–water partition coefficient (Wildman–Crippen LogP) is 8.93. The molecule has 0 spiro atoms. The fourth-order valence-corrected chi connectivity index (χ4v) is 7.81. The molecule has 0 unspecified atom stereocenters. The molecule has 1 N–H and O–H groups in total. The highest BCUT2D eigenvalue weighted by Gasteiger charge is 2.35. The average Bonchev–Trinajstić information content (AvgIpc) is 3.16. The molecular weight excluding hydrogens is 871 g/mol. The van der Waals surface area contributed by atoms with Crippen molar-refractivity contribution in [2.24, 2.45) is 4.99 Å². The summed E-state index contributed by atoms with van der Waals surface area (Å²) in [4.78, 5) is 57.2. The molecule has 4 aromatic carbocycles. The monoisotopic (exact) mass is 902 g/mol. The Bertz CT molecular complexity index is 2090. The summed E-state index contributed by atoms with van der Waals surface area (Å²) in [6, 6.07) is 28.3. The molecule has 1 aliphatic heterocycles. The van der Waals surface area contributed by atoms with Crippen LogP contribution in [0.1, 0.15) is 35.2 Å². The Morgan fingerprint density at radius 2 is 1.70 bits per heavy atom. The number of halogens is 2. The number of nitro groups is 1. The lowest BCUT2D eigenvalue weighted by molar-refractivity contribution is -0.384. The number of amidine groups is 1. The van der Waals surface area contributed by atoms with Crippen LogP contribution in [-0.2, 0) is 21.0 Å². The van der Waals surface area contributed by atoms with Gasteiger partial charge in [-0.05, 0) is 104 Å². The predicted molar refractivity (Wildman–Crippen MR) is 220 cm³/mol. The summed E-state index contributed by atoms with van der Waals surface area (Å²) in [6.07, 6.45) is 8.08. The van der Waals surface area contributed by atoms with E-state index in [1.165, 1.54) is 23.1 Å². The largest absolute Gasteiger partial charge is 0.487 e. The van der Waals surface area contributed by atoms with Crippen LogP contribution in [0.25, 0.3) is 6.08 Å². The Morgan fingerprint density at radius 1 is 1.06 bits per heavy atom. The van der Waals surface area contributed by atoms with Gasteiger partial charge in [0.15, 0.2) is 5.17 Å². The number of benzene rings is 4. The number of allylic oxidation sites excluding steroid dienone is 4. The maximum absolute atomic E-state index is 14.1.